The molecule has 0 saturated carbocycles. The van der Waals surface area contributed by atoms with Gasteiger partial charge in [-0.15, -0.1) is 0 Å². The number of hydrogen-bond acceptors (Lipinski definition) is 9. The Hall–Kier alpha value is -4.29. The first-order valence-corrected chi connectivity index (χ1v) is 17.2. The topological polar surface area (TPSA) is 156 Å². The molecule has 1 aromatic heterocycles. The Balaban J connectivity index is 1.29. The molecule has 3 rings (SSSR count). The lowest BCUT2D eigenvalue weighted by molar-refractivity contribution is 0.0545. The summed E-state index contributed by atoms with van der Waals surface area (Å²) in [5, 5.41) is 16.9. The van der Waals surface area contributed by atoms with Gasteiger partial charge < -0.3 is 28.7 Å². The molecule has 0 radical (unpaired) electrons. The molecule has 0 bridgehead atoms. The monoisotopic (exact) mass is 668 g/mol. The van der Waals surface area contributed by atoms with E-state index in [0.717, 1.165) is 94.7 Å². The highest BCUT2D eigenvalue weighted by molar-refractivity contribution is 6.01. The van der Waals surface area contributed by atoms with Crippen molar-refractivity contribution in [2.24, 2.45) is 9.98 Å². The van der Waals surface area contributed by atoms with Crippen LogP contribution < -0.4 is 26.3 Å². The average Bonchev–Trinajstić information content (AvgIpc) is 3.35. The first-order chi connectivity index (χ1) is 22.8. The van der Waals surface area contributed by atoms with Gasteiger partial charge in [0.25, 0.3) is 0 Å². The largest absolute Gasteiger partial charge is 0.494 e. The molecule has 0 saturated heterocycles. The number of carbonyl (C=O) groups excluding carboxylic acids is 2. The molecule has 0 aliphatic carbocycles. The molecule has 0 unspecified atom stereocenters. The number of amides is 2. The van der Waals surface area contributed by atoms with Gasteiger partial charge in [0.1, 0.15) is 22.8 Å². The zero-order valence-electron chi connectivity index (χ0n) is 29.7. The van der Waals surface area contributed by atoms with E-state index in [-0.39, 0.29) is 5.96 Å². The number of amidine groups is 1. The highest BCUT2D eigenvalue weighted by Gasteiger charge is 2.21. The number of imidazole rings is 1. The molecule has 48 heavy (non-hydrogen) atoms. The number of nitrogens with one attached hydrogen (secondary N) is 4. The van der Waals surface area contributed by atoms with Gasteiger partial charge in [0.05, 0.1) is 6.61 Å². The van der Waals surface area contributed by atoms with Crippen molar-refractivity contribution in [3.8, 4) is 5.75 Å². The summed E-state index contributed by atoms with van der Waals surface area (Å²) in [4.78, 5) is 33.3. The van der Waals surface area contributed by atoms with Crippen LogP contribution in [0.15, 0.2) is 46.6 Å². The summed E-state index contributed by atoms with van der Waals surface area (Å²) in [5.41, 5.74) is 0.227. The summed E-state index contributed by atoms with van der Waals surface area (Å²) < 4.78 is 20.4. The Morgan fingerprint density at radius 1 is 0.854 bits per heavy atom. The van der Waals surface area contributed by atoms with Gasteiger partial charge in [-0.1, -0.05) is 25.7 Å². The zero-order valence-corrected chi connectivity index (χ0v) is 29.7. The number of carbonyl (C=O) groups is 2. The number of alkyl carbamates (subject to hydrolysis) is 2. The second kappa shape index (κ2) is 18.9. The zero-order chi connectivity index (χ0) is 35.0. The molecular formula is C35H56N8O5. The van der Waals surface area contributed by atoms with Gasteiger partial charge in [0.15, 0.2) is 0 Å². The number of ether oxygens (including phenoxy) is 3. The number of aromatic nitrogens is 2. The first kappa shape index (κ1) is 38.2. The Bertz CT molecular complexity index is 1380. The van der Waals surface area contributed by atoms with Crippen LogP contribution in [-0.4, -0.2) is 70.6 Å². The maximum absolute atomic E-state index is 12.2. The van der Waals surface area contributed by atoms with E-state index in [2.05, 4.69) is 25.9 Å². The summed E-state index contributed by atoms with van der Waals surface area (Å²) in [6.07, 6.45) is 10.4. The van der Waals surface area contributed by atoms with Crippen molar-refractivity contribution in [1.29, 1.82) is 5.41 Å². The van der Waals surface area contributed by atoms with E-state index in [1.165, 1.54) is 0 Å². The quantitative estimate of drug-likeness (QED) is 0.108. The van der Waals surface area contributed by atoms with Gasteiger partial charge in [0, 0.05) is 50.7 Å². The average molecular weight is 669 g/mol. The van der Waals surface area contributed by atoms with Crippen molar-refractivity contribution < 1.29 is 23.8 Å². The van der Waals surface area contributed by atoms with Crippen molar-refractivity contribution >= 4 is 24.0 Å². The number of aryl methyl sites for hydroxylation is 2. The molecule has 13 nitrogen and oxygen atoms in total. The van der Waals surface area contributed by atoms with Gasteiger partial charge >= 0.3 is 12.2 Å². The second-order valence-corrected chi connectivity index (χ2v) is 13.9. The molecule has 0 fully saturated rings. The fourth-order valence-electron chi connectivity index (χ4n) is 4.89. The standard InChI is InChI=1S/C35H56N8O5/c1-34(2,3)47-32(44)40-31(41-33(45)48-35(4,5)6)39-19-11-9-7-8-10-12-22-42-24-25-43(30(42)36)23-14-26-46-28-17-15-27(16-18-28)29-37-20-13-21-38-29/h15-18,24-25,36H,7-14,19-23,26H2,1-6H3,(H,37,38)(H2,39,40,41,44,45). The van der Waals surface area contributed by atoms with E-state index in [1.54, 1.807) is 41.5 Å². The maximum atomic E-state index is 12.2. The lowest BCUT2D eigenvalue weighted by Gasteiger charge is -2.22. The SMILES string of the molecule is CC(C)(C)OC(=O)NC(=NCCCCCCCCn1ccn(CCCOc2ccc(C3=NCCCN3)cc2)c1=N)NC(=O)OC(C)(C)C. The highest BCUT2D eigenvalue weighted by atomic mass is 16.6. The van der Waals surface area contributed by atoms with Gasteiger partial charge in [-0.05, 0) is 91.5 Å². The van der Waals surface area contributed by atoms with E-state index in [4.69, 9.17) is 19.6 Å². The fourth-order valence-corrected chi connectivity index (χ4v) is 4.89. The molecule has 1 aliphatic heterocycles. The van der Waals surface area contributed by atoms with E-state index in [9.17, 15) is 9.59 Å². The minimum absolute atomic E-state index is 0.00897. The van der Waals surface area contributed by atoms with Crippen LogP contribution in [0, 0.1) is 5.41 Å². The van der Waals surface area contributed by atoms with E-state index in [1.807, 2.05) is 45.8 Å². The normalized spacial score (nSPS) is 13.2. The van der Waals surface area contributed by atoms with Gasteiger partial charge in [0.2, 0.25) is 11.6 Å². The van der Waals surface area contributed by atoms with Gasteiger partial charge in [-0.3, -0.25) is 26.0 Å². The predicted molar refractivity (Wildman–Crippen MR) is 188 cm³/mol. The molecule has 266 valence electrons. The second-order valence-electron chi connectivity index (χ2n) is 13.9. The lowest BCUT2D eigenvalue weighted by atomic mass is 10.1. The van der Waals surface area contributed by atoms with E-state index in [0.29, 0.717) is 18.8 Å². The third kappa shape index (κ3) is 15.1. The van der Waals surface area contributed by atoms with Crippen LogP contribution in [-0.2, 0) is 22.6 Å². The van der Waals surface area contributed by atoms with E-state index < -0.39 is 23.4 Å². The Labute approximate surface area is 285 Å². The molecule has 4 N–H and O–H groups in total. The molecule has 2 amide bonds. The van der Waals surface area contributed by atoms with Crippen molar-refractivity contribution in [2.75, 3.05) is 26.2 Å². The van der Waals surface area contributed by atoms with Crippen molar-refractivity contribution in [3.05, 3.63) is 47.8 Å². The molecule has 0 atom stereocenters. The van der Waals surface area contributed by atoms with Gasteiger partial charge in [-0.2, -0.15) is 0 Å². The Morgan fingerprint density at radius 2 is 1.42 bits per heavy atom. The Morgan fingerprint density at radius 3 is 1.98 bits per heavy atom. The summed E-state index contributed by atoms with van der Waals surface area (Å²) in [6.45, 7) is 15.0. The first-order valence-electron chi connectivity index (χ1n) is 17.2. The molecule has 13 heteroatoms. The Kier molecular flexibility index (Phi) is 15.0. The predicted octanol–water partition coefficient (Wildman–Crippen LogP) is 5.72. The van der Waals surface area contributed by atoms with Crippen LogP contribution in [0.4, 0.5) is 9.59 Å². The summed E-state index contributed by atoms with van der Waals surface area (Å²) in [5.74, 6) is 1.80. The third-order valence-corrected chi connectivity index (χ3v) is 7.12. The molecule has 0 spiro atoms. The molecule has 2 aromatic rings. The van der Waals surface area contributed by atoms with Gasteiger partial charge in [-0.25, -0.2) is 9.59 Å². The molecular weight excluding hydrogens is 612 g/mol. The summed E-state index contributed by atoms with van der Waals surface area (Å²) >= 11 is 0. The van der Waals surface area contributed by atoms with Crippen LogP contribution in [0.2, 0.25) is 0 Å². The van der Waals surface area contributed by atoms with Crippen LogP contribution in [0.5, 0.6) is 5.75 Å². The number of unbranched alkanes of at least 4 members (excludes halogenated alkanes) is 5. The summed E-state index contributed by atoms with van der Waals surface area (Å²) in [7, 11) is 0. The van der Waals surface area contributed by atoms with Crippen LogP contribution >= 0.6 is 0 Å². The van der Waals surface area contributed by atoms with Crippen LogP contribution in [0.1, 0.15) is 98.5 Å². The fraction of sp³-hybridized carbons (Fsp3) is 0.629. The van der Waals surface area contributed by atoms with E-state index >= 15 is 0 Å². The highest BCUT2D eigenvalue weighted by Crippen LogP contribution is 2.14. The van der Waals surface area contributed by atoms with Crippen LogP contribution in [0.25, 0.3) is 0 Å². The van der Waals surface area contributed by atoms with Crippen molar-refractivity contribution in [1.82, 2.24) is 25.1 Å². The number of nitrogens with zero attached hydrogens (tertiary/aromatic N) is 4. The number of benzene rings is 1. The minimum atomic E-state index is -0.698. The number of hydrogen-bond donors (Lipinski definition) is 4. The molecule has 1 aromatic carbocycles. The number of aliphatic imine (C=N–C) groups is 2. The smallest absolute Gasteiger partial charge is 0.414 e. The van der Waals surface area contributed by atoms with Crippen molar-refractivity contribution in [3.63, 3.8) is 0 Å². The van der Waals surface area contributed by atoms with Crippen LogP contribution in [0.3, 0.4) is 0 Å². The van der Waals surface area contributed by atoms with Crippen molar-refractivity contribution in [2.45, 2.75) is 117 Å². The number of guanidine groups is 1. The summed E-state index contributed by atoms with van der Waals surface area (Å²) in [6, 6.07) is 8.04. The third-order valence-electron chi connectivity index (χ3n) is 7.12. The lowest BCUT2D eigenvalue weighted by Crippen LogP contribution is -2.47. The maximum Gasteiger partial charge on any atom is 0.414 e. The molecule has 1 aliphatic rings. The number of rotatable bonds is 15. The minimum Gasteiger partial charge on any atom is -0.494 e. The molecule has 2 heterocycles.